The predicted octanol–water partition coefficient (Wildman–Crippen LogP) is -0.0798. The van der Waals surface area contributed by atoms with E-state index in [2.05, 4.69) is 10.3 Å². The van der Waals surface area contributed by atoms with Crippen molar-refractivity contribution in [1.82, 2.24) is 19.9 Å². The molecule has 17 heavy (non-hydrogen) atoms. The molecule has 1 aliphatic heterocycles. The number of hydrogen-bond acceptors (Lipinski definition) is 4. The van der Waals surface area contributed by atoms with Gasteiger partial charge in [0.05, 0.1) is 17.9 Å². The minimum Gasteiger partial charge on any atom is -0.340 e. The van der Waals surface area contributed by atoms with E-state index in [-0.39, 0.29) is 6.04 Å². The van der Waals surface area contributed by atoms with E-state index in [1.165, 1.54) is 0 Å². The van der Waals surface area contributed by atoms with Crippen LogP contribution >= 0.6 is 0 Å². The van der Waals surface area contributed by atoms with Crippen LogP contribution < -0.4 is 5.73 Å². The highest BCUT2D eigenvalue weighted by Gasteiger charge is 2.37. The smallest absolute Gasteiger partial charge is 0.225 e. The maximum Gasteiger partial charge on any atom is 0.225 e. The van der Waals surface area contributed by atoms with Crippen LogP contribution in [0.4, 0.5) is 0 Å². The van der Waals surface area contributed by atoms with Gasteiger partial charge in [0.25, 0.3) is 0 Å². The first kappa shape index (κ1) is 10.7. The van der Waals surface area contributed by atoms with E-state index in [1.54, 1.807) is 0 Å². The number of hydrogen-bond donors (Lipinski definition) is 1. The first-order valence-electron chi connectivity index (χ1n) is 6.17. The molecule has 0 spiro atoms. The summed E-state index contributed by atoms with van der Waals surface area (Å²) in [5.74, 6) is 0.635. The van der Waals surface area contributed by atoms with Gasteiger partial charge in [-0.1, -0.05) is 5.21 Å². The van der Waals surface area contributed by atoms with Crippen LogP contribution in [0.5, 0.6) is 0 Å². The summed E-state index contributed by atoms with van der Waals surface area (Å²) in [5, 5.41) is 8.05. The van der Waals surface area contributed by atoms with Crippen LogP contribution in [0.3, 0.4) is 0 Å². The third-order valence-corrected chi connectivity index (χ3v) is 3.54. The fourth-order valence-corrected chi connectivity index (χ4v) is 2.33. The summed E-state index contributed by atoms with van der Waals surface area (Å²) in [4.78, 5) is 13.9. The third-order valence-electron chi connectivity index (χ3n) is 3.54. The molecule has 1 saturated heterocycles. The number of nitrogens with zero attached hydrogens (tertiary/aromatic N) is 4. The lowest BCUT2D eigenvalue weighted by Gasteiger charge is -2.15. The zero-order valence-corrected chi connectivity index (χ0v) is 9.75. The molecule has 2 heterocycles. The zero-order chi connectivity index (χ0) is 11.8. The molecule has 6 heteroatoms. The summed E-state index contributed by atoms with van der Waals surface area (Å²) in [6.07, 6.45) is 4.99. The first-order valence-corrected chi connectivity index (χ1v) is 6.17. The molecule has 1 aromatic rings. The van der Waals surface area contributed by atoms with Crippen molar-refractivity contribution < 1.29 is 4.79 Å². The highest BCUT2D eigenvalue weighted by molar-refractivity contribution is 5.81. The number of rotatable bonds is 3. The average molecular weight is 235 g/mol. The van der Waals surface area contributed by atoms with Gasteiger partial charge in [0.15, 0.2) is 0 Å². The molecule has 2 N–H and O–H groups in total. The SMILES string of the molecule is NCc1cn(C2CCN(C(=O)C3CC3)C2)nn1. The van der Waals surface area contributed by atoms with Gasteiger partial charge >= 0.3 is 0 Å². The molecular weight excluding hydrogens is 218 g/mol. The van der Waals surface area contributed by atoms with E-state index < -0.39 is 0 Å². The Bertz CT molecular complexity index is 425. The molecule has 6 nitrogen and oxygen atoms in total. The number of carbonyl (C=O) groups is 1. The largest absolute Gasteiger partial charge is 0.340 e. The first-order chi connectivity index (χ1) is 8.28. The number of amides is 1. The van der Waals surface area contributed by atoms with Crippen LogP contribution in [0.25, 0.3) is 0 Å². The van der Waals surface area contributed by atoms with Crippen LogP contribution in [-0.4, -0.2) is 38.9 Å². The maximum atomic E-state index is 11.9. The molecule has 1 amide bonds. The van der Waals surface area contributed by atoms with Crippen molar-refractivity contribution in [2.75, 3.05) is 13.1 Å². The van der Waals surface area contributed by atoms with E-state index in [0.717, 1.165) is 38.0 Å². The minimum atomic E-state index is 0.269. The molecule has 2 aliphatic rings. The Kier molecular flexibility index (Phi) is 2.58. The zero-order valence-electron chi connectivity index (χ0n) is 9.75. The molecule has 0 aromatic carbocycles. The molecule has 1 saturated carbocycles. The van der Waals surface area contributed by atoms with Crippen molar-refractivity contribution >= 4 is 5.91 Å². The molecule has 3 rings (SSSR count). The van der Waals surface area contributed by atoms with Gasteiger partial charge in [-0.3, -0.25) is 4.79 Å². The van der Waals surface area contributed by atoms with E-state index in [9.17, 15) is 4.79 Å². The van der Waals surface area contributed by atoms with Crippen molar-refractivity contribution in [3.8, 4) is 0 Å². The molecule has 1 aliphatic carbocycles. The Morgan fingerprint density at radius 1 is 1.47 bits per heavy atom. The highest BCUT2D eigenvalue weighted by atomic mass is 16.2. The van der Waals surface area contributed by atoms with E-state index >= 15 is 0 Å². The summed E-state index contributed by atoms with van der Waals surface area (Å²) in [6.45, 7) is 2.03. The number of carbonyl (C=O) groups excluding carboxylic acids is 1. The second-order valence-corrected chi connectivity index (χ2v) is 4.90. The Morgan fingerprint density at radius 2 is 2.29 bits per heavy atom. The summed E-state index contributed by atoms with van der Waals surface area (Å²) in [6, 6.07) is 0.269. The van der Waals surface area contributed by atoms with Crippen molar-refractivity contribution in [2.45, 2.75) is 31.8 Å². The van der Waals surface area contributed by atoms with Gasteiger partial charge in [-0.2, -0.15) is 0 Å². The molecule has 2 fully saturated rings. The average Bonchev–Trinajstić information content (AvgIpc) is 2.91. The third kappa shape index (κ3) is 2.04. The van der Waals surface area contributed by atoms with Gasteiger partial charge in [0, 0.05) is 25.6 Å². The summed E-state index contributed by atoms with van der Waals surface area (Å²) >= 11 is 0. The normalized spacial score (nSPS) is 24.3. The lowest BCUT2D eigenvalue weighted by molar-refractivity contribution is -0.131. The number of likely N-dealkylation sites (tertiary alicyclic amines) is 1. The van der Waals surface area contributed by atoms with Crippen molar-refractivity contribution in [1.29, 1.82) is 0 Å². The minimum absolute atomic E-state index is 0.269. The lowest BCUT2D eigenvalue weighted by atomic mass is 10.3. The van der Waals surface area contributed by atoms with Gasteiger partial charge in [-0.25, -0.2) is 4.68 Å². The molecule has 1 unspecified atom stereocenters. The van der Waals surface area contributed by atoms with E-state index in [1.807, 2.05) is 15.8 Å². The van der Waals surface area contributed by atoms with Crippen LogP contribution in [-0.2, 0) is 11.3 Å². The molecule has 1 atom stereocenters. The van der Waals surface area contributed by atoms with Crippen molar-refractivity contribution in [3.05, 3.63) is 11.9 Å². The Labute approximate surface area is 99.8 Å². The van der Waals surface area contributed by atoms with Crippen LogP contribution in [0.15, 0.2) is 6.20 Å². The predicted molar refractivity (Wildman–Crippen MR) is 60.9 cm³/mol. The van der Waals surface area contributed by atoms with E-state index in [0.29, 0.717) is 18.4 Å². The number of aromatic nitrogens is 3. The molecule has 0 bridgehead atoms. The highest BCUT2D eigenvalue weighted by Crippen LogP contribution is 2.33. The van der Waals surface area contributed by atoms with Crippen molar-refractivity contribution in [2.24, 2.45) is 11.7 Å². The Morgan fingerprint density at radius 3 is 2.94 bits per heavy atom. The van der Waals surface area contributed by atoms with Gasteiger partial charge < -0.3 is 10.6 Å². The van der Waals surface area contributed by atoms with Crippen molar-refractivity contribution in [3.63, 3.8) is 0 Å². The summed E-state index contributed by atoms with van der Waals surface area (Å²) in [7, 11) is 0. The van der Waals surface area contributed by atoms with Gasteiger partial charge in [-0.05, 0) is 19.3 Å². The van der Waals surface area contributed by atoms with Crippen LogP contribution in [0.2, 0.25) is 0 Å². The fourth-order valence-electron chi connectivity index (χ4n) is 2.33. The van der Waals surface area contributed by atoms with Crippen LogP contribution in [0, 0.1) is 5.92 Å². The second kappa shape index (κ2) is 4.10. The monoisotopic (exact) mass is 235 g/mol. The number of nitrogens with two attached hydrogens (primary N) is 1. The fraction of sp³-hybridized carbons (Fsp3) is 0.727. The van der Waals surface area contributed by atoms with Crippen LogP contribution in [0.1, 0.15) is 31.0 Å². The molecule has 92 valence electrons. The lowest BCUT2D eigenvalue weighted by Crippen LogP contribution is -2.30. The Balaban J connectivity index is 1.64. The summed E-state index contributed by atoms with van der Waals surface area (Å²) in [5.41, 5.74) is 6.31. The maximum absolute atomic E-state index is 11.9. The van der Waals surface area contributed by atoms with Gasteiger partial charge in [0.2, 0.25) is 5.91 Å². The quantitative estimate of drug-likeness (QED) is 0.795. The standard InChI is InChI=1S/C11H17N5O/c12-5-9-6-16(14-13-9)10-3-4-15(7-10)11(17)8-1-2-8/h6,8,10H,1-5,7,12H2. The summed E-state index contributed by atoms with van der Waals surface area (Å²) < 4.78 is 1.85. The molecule has 1 aromatic heterocycles. The topological polar surface area (TPSA) is 77.0 Å². The second-order valence-electron chi connectivity index (χ2n) is 4.90. The Hall–Kier alpha value is -1.43. The van der Waals surface area contributed by atoms with Gasteiger partial charge in [-0.15, -0.1) is 5.10 Å². The van der Waals surface area contributed by atoms with Gasteiger partial charge in [0.1, 0.15) is 0 Å². The molecular formula is C11H17N5O. The van der Waals surface area contributed by atoms with E-state index in [4.69, 9.17) is 5.73 Å². The molecule has 0 radical (unpaired) electrons.